The Kier molecular flexibility index (Phi) is 6.67. The highest BCUT2D eigenvalue weighted by atomic mass is 19.4. The summed E-state index contributed by atoms with van der Waals surface area (Å²) in [6, 6.07) is 11.0. The summed E-state index contributed by atoms with van der Waals surface area (Å²) in [5.41, 5.74) is -1.15. The molecular formula is C21H16F4N4O3. The van der Waals surface area contributed by atoms with Gasteiger partial charge in [0.05, 0.1) is 11.3 Å². The maximum absolute atomic E-state index is 13.1. The van der Waals surface area contributed by atoms with Gasteiger partial charge in [-0.05, 0) is 54.6 Å². The van der Waals surface area contributed by atoms with Crippen molar-refractivity contribution in [2.24, 2.45) is 0 Å². The summed E-state index contributed by atoms with van der Waals surface area (Å²) in [6.07, 6.45) is -4.49. The van der Waals surface area contributed by atoms with Crippen LogP contribution in [0.3, 0.4) is 0 Å². The van der Waals surface area contributed by atoms with Crippen molar-refractivity contribution in [2.75, 3.05) is 13.1 Å². The number of nitrogens with zero attached hydrogens (tertiary/aromatic N) is 2. The molecule has 3 aromatic rings. The van der Waals surface area contributed by atoms with Crippen molar-refractivity contribution in [3.8, 4) is 5.69 Å². The van der Waals surface area contributed by atoms with Crippen molar-refractivity contribution in [2.45, 2.75) is 6.18 Å². The van der Waals surface area contributed by atoms with Gasteiger partial charge in [0.2, 0.25) is 0 Å². The van der Waals surface area contributed by atoms with Gasteiger partial charge in [-0.1, -0.05) is 0 Å². The van der Waals surface area contributed by atoms with Crippen LogP contribution in [0, 0.1) is 5.82 Å². The van der Waals surface area contributed by atoms with Crippen molar-refractivity contribution in [1.29, 1.82) is 0 Å². The number of aromatic nitrogens is 2. The van der Waals surface area contributed by atoms with Gasteiger partial charge in [0, 0.05) is 24.7 Å². The average molecular weight is 448 g/mol. The van der Waals surface area contributed by atoms with Crippen LogP contribution < -0.4 is 16.2 Å². The smallest absolute Gasteiger partial charge is 0.350 e. The molecule has 0 aliphatic carbocycles. The van der Waals surface area contributed by atoms with Crippen LogP contribution in [0.1, 0.15) is 26.4 Å². The topological polar surface area (TPSA) is 93.1 Å². The second kappa shape index (κ2) is 9.41. The Morgan fingerprint density at radius 1 is 0.844 bits per heavy atom. The van der Waals surface area contributed by atoms with Crippen molar-refractivity contribution in [3.05, 3.63) is 93.7 Å². The van der Waals surface area contributed by atoms with Crippen molar-refractivity contribution >= 4 is 11.8 Å². The minimum atomic E-state index is -4.49. The number of nitrogens with one attached hydrogen (secondary N) is 2. The fourth-order valence-electron chi connectivity index (χ4n) is 2.65. The molecule has 3 rings (SSSR count). The molecule has 1 aromatic heterocycles. The van der Waals surface area contributed by atoms with Crippen molar-refractivity contribution in [1.82, 2.24) is 20.4 Å². The molecular weight excluding hydrogens is 432 g/mol. The Labute approximate surface area is 178 Å². The molecule has 1 heterocycles. The lowest BCUT2D eigenvalue weighted by molar-refractivity contribution is -0.137. The van der Waals surface area contributed by atoms with E-state index in [9.17, 15) is 31.9 Å². The van der Waals surface area contributed by atoms with E-state index in [2.05, 4.69) is 15.7 Å². The van der Waals surface area contributed by atoms with Crippen LogP contribution in [0.5, 0.6) is 0 Å². The lowest BCUT2D eigenvalue weighted by Gasteiger charge is -2.10. The van der Waals surface area contributed by atoms with Crippen LogP contribution in [-0.2, 0) is 6.18 Å². The van der Waals surface area contributed by atoms with Crippen LogP contribution in [-0.4, -0.2) is 34.7 Å². The van der Waals surface area contributed by atoms with E-state index in [0.717, 1.165) is 47.1 Å². The first kappa shape index (κ1) is 22.7. The van der Waals surface area contributed by atoms with Gasteiger partial charge in [-0.25, -0.2) is 4.39 Å². The summed E-state index contributed by atoms with van der Waals surface area (Å²) in [5.74, 6) is -1.71. The van der Waals surface area contributed by atoms with Gasteiger partial charge in [0.15, 0.2) is 0 Å². The molecule has 2 aromatic carbocycles. The number of hydrogen-bond donors (Lipinski definition) is 2. The van der Waals surface area contributed by atoms with E-state index in [-0.39, 0.29) is 30.0 Å². The second-order valence-corrected chi connectivity index (χ2v) is 6.53. The molecule has 0 atom stereocenters. The van der Waals surface area contributed by atoms with E-state index < -0.39 is 34.9 Å². The number of alkyl halides is 3. The molecule has 32 heavy (non-hydrogen) atoms. The largest absolute Gasteiger partial charge is 0.416 e. The first-order valence-corrected chi connectivity index (χ1v) is 9.25. The third-order valence-corrected chi connectivity index (χ3v) is 4.27. The third kappa shape index (κ3) is 5.56. The van der Waals surface area contributed by atoms with Crippen LogP contribution >= 0.6 is 0 Å². The first-order valence-electron chi connectivity index (χ1n) is 9.25. The Balaban J connectivity index is 1.55. The predicted molar refractivity (Wildman–Crippen MR) is 106 cm³/mol. The number of hydrogen-bond acceptors (Lipinski definition) is 4. The molecule has 0 radical (unpaired) electrons. The van der Waals surface area contributed by atoms with E-state index in [0.29, 0.717) is 0 Å². The predicted octanol–water partition coefficient (Wildman–Crippen LogP) is 2.55. The van der Waals surface area contributed by atoms with Gasteiger partial charge >= 0.3 is 6.18 Å². The second-order valence-electron chi connectivity index (χ2n) is 6.53. The number of halogens is 4. The summed E-state index contributed by atoms with van der Waals surface area (Å²) in [6.45, 7) is 0.00571. The summed E-state index contributed by atoms with van der Waals surface area (Å²) >= 11 is 0. The minimum Gasteiger partial charge on any atom is -0.350 e. The summed E-state index contributed by atoms with van der Waals surface area (Å²) in [5, 5.41) is 8.92. The van der Waals surface area contributed by atoms with Gasteiger partial charge in [-0.15, -0.1) is 0 Å². The molecule has 7 nitrogen and oxygen atoms in total. The highest BCUT2D eigenvalue weighted by Gasteiger charge is 2.30. The molecule has 0 spiro atoms. The Bertz CT molecular complexity index is 1170. The highest BCUT2D eigenvalue weighted by Crippen LogP contribution is 2.29. The molecule has 0 saturated carbocycles. The Morgan fingerprint density at radius 3 is 2.03 bits per heavy atom. The molecule has 2 N–H and O–H groups in total. The van der Waals surface area contributed by atoms with Crippen LogP contribution in [0.2, 0.25) is 0 Å². The van der Waals surface area contributed by atoms with Crippen LogP contribution in [0.25, 0.3) is 5.69 Å². The number of benzene rings is 2. The van der Waals surface area contributed by atoms with E-state index in [4.69, 9.17) is 0 Å². The van der Waals surface area contributed by atoms with Crippen molar-refractivity contribution < 1.29 is 27.2 Å². The molecule has 166 valence electrons. The molecule has 0 fully saturated rings. The van der Waals surface area contributed by atoms with E-state index in [1.807, 2.05) is 0 Å². The van der Waals surface area contributed by atoms with E-state index in [1.165, 1.54) is 18.2 Å². The van der Waals surface area contributed by atoms with Gasteiger partial charge in [0.1, 0.15) is 11.5 Å². The molecule has 0 bridgehead atoms. The molecule has 0 aliphatic heterocycles. The Hall–Kier alpha value is -4.02. The van der Waals surface area contributed by atoms with Gasteiger partial charge in [-0.3, -0.25) is 14.4 Å². The molecule has 0 unspecified atom stereocenters. The van der Waals surface area contributed by atoms with Crippen LogP contribution in [0.15, 0.2) is 65.5 Å². The van der Waals surface area contributed by atoms with Gasteiger partial charge in [-0.2, -0.15) is 23.0 Å². The maximum Gasteiger partial charge on any atom is 0.416 e. The van der Waals surface area contributed by atoms with Crippen molar-refractivity contribution in [3.63, 3.8) is 0 Å². The third-order valence-electron chi connectivity index (χ3n) is 4.27. The zero-order valence-electron chi connectivity index (χ0n) is 16.3. The lowest BCUT2D eigenvalue weighted by atomic mass is 10.1. The molecule has 11 heteroatoms. The number of amides is 2. The number of carbonyl (C=O) groups excluding carboxylic acids is 2. The Morgan fingerprint density at radius 2 is 1.44 bits per heavy atom. The minimum absolute atomic E-state index is 0.00254. The van der Waals surface area contributed by atoms with E-state index >= 15 is 0 Å². The summed E-state index contributed by atoms with van der Waals surface area (Å²) in [4.78, 5) is 36.3. The molecule has 2 amide bonds. The monoisotopic (exact) mass is 448 g/mol. The normalized spacial score (nSPS) is 11.1. The highest BCUT2D eigenvalue weighted by molar-refractivity contribution is 5.94. The summed E-state index contributed by atoms with van der Waals surface area (Å²) in [7, 11) is 0. The first-order chi connectivity index (χ1) is 15.1. The zero-order chi connectivity index (χ0) is 23.3. The van der Waals surface area contributed by atoms with Gasteiger partial charge in [0.25, 0.3) is 17.4 Å². The van der Waals surface area contributed by atoms with Crippen LogP contribution in [0.4, 0.5) is 17.6 Å². The standard InChI is InChI=1S/C21H16F4N4O3/c22-15-5-7-16(8-6-15)29-18(30)10-9-17(28-29)20(32)27-12-11-26-19(31)13-1-3-14(4-2-13)21(23,24)25/h1-10H,11-12H2,(H,26,31)(H,27,32). The fraction of sp³-hybridized carbons (Fsp3) is 0.143. The SMILES string of the molecule is O=C(NCCNC(=O)c1ccc(=O)n(-c2ccc(F)cc2)n1)c1ccc(C(F)(F)F)cc1. The van der Waals surface area contributed by atoms with Gasteiger partial charge < -0.3 is 10.6 Å². The number of rotatable bonds is 6. The number of carbonyl (C=O) groups is 2. The average Bonchev–Trinajstić information content (AvgIpc) is 2.77. The quantitative estimate of drug-likeness (QED) is 0.448. The molecule has 0 saturated heterocycles. The summed E-state index contributed by atoms with van der Waals surface area (Å²) < 4.78 is 51.7. The lowest BCUT2D eigenvalue weighted by Crippen LogP contribution is -2.35. The maximum atomic E-state index is 13.1. The fourth-order valence-corrected chi connectivity index (χ4v) is 2.65. The molecule has 0 aliphatic rings. The zero-order valence-corrected chi connectivity index (χ0v) is 16.3. The van der Waals surface area contributed by atoms with E-state index in [1.54, 1.807) is 0 Å².